The molecule has 0 bridgehead atoms. The van der Waals surface area contributed by atoms with E-state index in [1.54, 1.807) is 0 Å². The molecule has 0 unspecified atom stereocenters. The highest BCUT2D eigenvalue weighted by Crippen LogP contribution is 2.18. The molecule has 0 spiro atoms. The Labute approximate surface area is 266 Å². The summed E-state index contributed by atoms with van der Waals surface area (Å²) in [4.78, 5) is 59.0. The standard InChI is InChI=1S/C32H52N4O9/c1-24-7-9-27(10-8-24)20-28(32(33)41)21-29(38)25(2)6-4-5-11-35-30(39)22-44-19-17-43-15-13-36-31(40)23-45-18-16-42-14-12-34-26(3)37/h7-10,25,28H,4-6,11-23H2,1-3H3,(H2,33,41)(H,34,37)(H,35,39)(H,36,40)/t25-,28+/m0/s1. The number of hydrogen-bond acceptors (Lipinski definition) is 9. The number of amides is 4. The first kappa shape index (κ1) is 39.6. The summed E-state index contributed by atoms with van der Waals surface area (Å²) < 4.78 is 21.1. The lowest BCUT2D eigenvalue weighted by atomic mass is 9.88. The van der Waals surface area contributed by atoms with Crippen molar-refractivity contribution < 1.29 is 42.9 Å². The van der Waals surface area contributed by atoms with E-state index in [2.05, 4.69) is 16.0 Å². The molecule has 0 saturated carbocycles. The first-order chi connectivity index (χ1) is 21.6. The first-order valence-electron chi connectivity index (χ1n) is 15.5. The number of carbonyl (C=O) groups excluding carboxylic acids is 5. The Morgan fingerprint density at radius 2 is 1.27 bits per heavy atom. The maximum Gasteiger partial charge on any atom is 0.246 e. The predicted octanol–water partition coefficient (Wildman–Crippen LogP) is 0.840. The van der Waals surface area contributed by atoms with Crippen LogP contribution in [-0.2, 0) is 49.3 Å². The largest absolute Gasteiger partial charge is 0.377 e. The molecule has 0 radical (unpaired) electrons. The lowest BCUT2D eigenvalue weighted by Gasteiger charge is -2.16. The molecule has 0 aliphatic carbocycles. The second kappa shape index (κ2) is 24.9. The monoisotopic (exact) mass is 636 g/mol. The van der Waals surface area contributed by atoms with Crippen LogP contribution in [0.25, 0.3) is 0 Å². The quantitative estimate of drug-likeness (QED) is 0.102. The van der Waals surface area contributed by atoms with Crippen LogP contribution in [-0.4, -0.2) is 102 Å². The molecule has 0 saturated heterocycles. The van der Waals surface area contributed by atoms with Crippen molar-refractivity contribution in [3.63, 3.8) is 0 Å². The molecule has 0 fully saturated rings. The fourth-order valence-electron chi connectivity index (χ4n) is 4.12. The Hall–Kier alpha value is -3.39. The predicted molar refractivity (Wildman–Crippen MR) is 168 cm³/mol. The minimum absolute atomic E-state index is 0.0245. The number of nitrogens with two attached hydrogens (primary N) is 1. The second-order valence-electron chi connectivity index (χ2n) is 10.9. The van der Waals surface area contributed by atoms with E-state index in [9.17, 15) is 24.0 Å². The van der Waals surface area contributed by atoms with Crippen LogP contribution in [0.15, 0.2) is 24.3 Å². The number of unbranched alkanes of at least 4 members (excludes halogenated alkanes) is 1. The molecule has 0 heterocycles. The molecule has 5 N–H and O–H groups in total. The number of benzene rings is 1. The van der Waals surface area contributed by atoms with E-state index in [-0.39, 0.29) is 68.9 Å². The van der Waals surface area contributed by atoms with Crippen molar-refractivity contribution in [2.24, 2.45) is 17.6 Å². The van der Waals surface area contributed by atoms with Crippen molar-refractivity contribution in [3.8, 4) is 0 Å². The number of aryl methyl sites for hydroxylation is 1. The van der Waals surface area contributed by atoms with Gasteiger partial charge in [-0.15, -0.1) is 0 Å². The Kier molecular flexibility index (Phi) is 21.9. The van der Waals surface area contributed by atoms with Crippen molar-refractivity contribution in [2.45, 2.75) is 52.9 Å². The molecule has 0 aliphatic rings. The minimum Gasteiger partial charge on any atom is -0.377 e. The summed E-state index contributed by atoms with van der Waals surface area (Å²) in [5.74, 6) is -1.77. The van der Waals surface area contributed by atoms with Crippen LogP contribution < -0.4 is 21.7 Å². The van der Waals surface area contributed by atoms with Gasteiger partial charge in [0, 0.05) is 44.8 Å². The summed E-state index contributed by atoms with van der Waals surface area (Å²) in [7, 11) is 0. The summed E-state index contributed by atoms with van der Waals surface area (Å²) >= 11 is 0. The molecule has 2 atom stereocenters. The number of rotatable bonds is 27. The van der Waals surface area contributed by atoms with E-state index < -0.39 is 11.8 Å². The zero-order chi connectivity index (χ0) is 33.3. The highest BCUT2D eigenvalue weighted by molar-refractivity contribution is 5.87. The molecule has 1 aromatic carbocycles. The lowest BCUT2D eigenvalue weighted by Crippen LogP contribution is -2.31. The SMILES string of the molecule is CC(=O)NCCOCCOCC(=O)NCCOCCOCC(=O)NCCCC[C@H](C)C(=O)C[C@@H](Cc1ccc(C)cc1)C(N)=O. The summed E-state index contributed by atoms with van der Waals surface area (Å²) in [6, 6.07) is 7.86. The van der Waals surface area contributed by atoms with E-state index in [0.29, 0.717) is 52.3 Å². The maximum atomic E-state index is 12.7. The summed E-state index contributed by atoms with van der Waals surface area (Å²) in [6.07, 6.45) is 2.74. The highest BCUT2D eigenvalue weighted by Gasteiger charge is 2.23. The number of carbonyl (C=O) groups is 5. The van der Waals surface area contributed by atoms with Gasteiger partial charge in [0.1, 0.15) is 19.0 Å². The van der Waals surface area contributed by atoms with Gasteiger partial charge in [0.2, 0.25) is 23.6 Å². The van der Waals surface area contributed by atoms with Crippen molar-refractivity contribution in [1.82, 2.24) is 16.0 Å². The third kappa shape index (κ3) is 21.9. The van der Waals surface area contributed by atoms with Crippen molar-refractivity contribution in [2.75, 3.05) is 72.5 Å². The maximum absolute atomic E-state index is 12.7. The number of nitrogens with one attached hydrogen (secondary N) is 3. The Morgan fingerprint density at radius 3 is 1.82 bits per heavy atom. The topological polar surface area (TPSA) is 184 Å². The zero-order valence-corrected chi connectivity index (χ0v) is 27.0. The van der Waals surface area contributed by atoms with E-state index in [0.717, 1.165) is 24.0 Å². The molecule has 254 valence electrons. The molecule has 0 aliphatic heterocycles. The molecule has 45 heavy (non-hydrogen) atoms. The third-order valence-electron chi connectivity index (χ3n) is 6.79. The van der Waals surface area contributed by atoms with Crippen LogP contribution in [0.5, 0.6) is 0 Å². The smallest absolute Gasteiger partial charge is 0.246 e. The fraction of sp³-hybridized carbons (Fsp3) is 0.656. The van der Waals surface area contributed by atoms with E-state index >= 15 is 0 Å². The van der Waals surface area contributed by atoms with Crippen LogP contribution in [0.3, 0.4) is 0 Å². The molecule has 4 amide bonds. The fourth-order valence-corrected chi connectivity index (χ4v) is 4.12. The molecular formula is C32H52N4O9. The molecule has 13 nitrogen and oxygen atoms in total. The minimum atomic E-state index is -0.523. The summed E-state index contributed by atoms with van der Waals surface area (Å²) in [5.41, 5.74) is 7.68. The lowest BCUT2D eigenvalue weighted by molar-refractivity contribution is -0.129. The number of Topliss-reactive ketones (excluding diaryl/α,β-unsaturated/α-hetero) is 1. The van der Waals surface area contributed by atoms with Gasteiger partial charge in [-0.25, -0.2) is 0 Å². The van der Waals surface area contributed by atoms with Gasteiger partial charge in [-0.2, -0.15) is 0 Å². The van der Waals surface area contributed by atoms with Crippen LogP contribution >= 0.6 is 0 Å². The van der Waals surface area contributed by atoms with Crippen molar-refractivity contribution >= 4 is 29.4 Å². The van der Waals surface area contributed by atoms with Gasteiger partial charge in [-0.3, -0.25) is 24.0 Å². The average molecular weight is 637 g/mol. The van der Waals surface area contributed by atoms with Crippen LogP contribution in [0, 0.1) is 18.8 Å². The van der Waals surface area contributed by atoms with E-state index in [1.165, 1.54) is 6.92 Å². The average Bonchev–Trinajstić information content (AvgIpc) is 2.99. The van der Waals surface area contributed by atoms with Crippen LogP contribution in [0.1, 0.15) is 50.7 Å². The van der Waals surface area contributed by atoms with E-state index in [1.807, 2.05) is 38.1 Å². The third-order valence-corrected chi connectivity index (χ3v) is 6.79. The van der Waals surface area contributed by atoms with Crippen molar-refractivity contribution in [3.05, 3.63) is 35.4 Å². The van der Waals surface area contributed by atoms with Gasteiger partial charge < -0.3 is 40.6 Å². The van der Waals surface area contributed by atoms with Gasteiger partial charge in [-0.05, 0) is 31.7 Å². The molecule has 1 aromatic rings. The van der Waals surface area contributed by atoms with Gasteiger partial charge >= 0.3 is 0 Å². The molecular weight excluding hydrogens is 584 g/mol. The van der Waals surface area contributed by atoms with Crippen LogP contribution in [0.2, 0.25) is 0 Å². The van der Waals surface area contributed by atoms with Gasteiger partial charge in [0.25, 0.3) is 0 Å². The van der Waals surface area contributed by atoms with Gasteiger partial charge in [-0.1, -0.05) is 43.2 Å². The zero-order valence-electron chi connectivity index (χ0n) is 27.0. The number of ether oxygens (including phenoxy) is 4. The molecule has 0 aromatic heterocycles. The van der Waals surface area contributed by atoms with Crippen molar-refractivity contribution in [1.29, 1.82) is 0 Å². The summed E-state index contributed by atoms with van der Waals surface area (Å²) in [5, 5.41) is 8.07. The highest BCUT2D eigenvalue weighted by atomic mass is 16.5. The normalized spacial score (nSPS) is 12.2. The summed E-state index contributed by atoms with van der Waals surface area (Å²) in [6.45, 7) is 8.13. The molecule has 13 heteroatoms. The number of primary amides is 1. The Bertz CT molecular complexity index is 1020. The first-order valence-corrected chi connectivity index (χ1v) is 15.5. The van der Waals surface area contributed by atoms with Gasteiger partial charge in [0.05, 0.1) is 39.6 Å². The van der Waals surface area contributed by atoms with E-state index in [4.69, 9.17) is 24.7 Å². The van der Waals surface area contributed by atoms with Crippen LogP contribution in [0.4, 0.5) is 0 Å². The second-order valence-corrected chi connectivity index (χ2v) is 10.9. The number of hydrogen-bond donors (Lipinski definition) is 4. The number of ketones is 1. The van der Waals surface area contributed by atoms with Gasteiger partial charge in [0.15, 0.2) is 0 Å². The Morgan fingerprint density at radius 1 is 0.733 bits per heavy atom. The molecule has 1 rings (SSSR count). The Balaban J connectivity index is 1.98.